The Bertz CT molecular complexity index is 29.1. The topological polar surface area (TPSA) is 158 Å². The minimum atomic E-state index is -1.34. The predicted octanol–water partition coefficient (Wildman–Crippen LogP) is -0.583. The summed E-state index contributed by atoms with van der Waals surface area (Å²) in [7, 11) is 0. The molecule has 0 radical (unpaired) electrons. The van der Waals surface area contributed by atoms with Gasteiger partial charge in [-0.1, -0.05) is 0 Å². The van der Waals surface area contributed by atoms with E-state index in [-0.39, 0.29) is 27.4 Å². The van der Waals surface area contributed by atoms with Crippen molar-refractivity contribution in [3.8, 4) is 0 Å². The van der Waals surface area contributed by atoms with Crippen LogP contribution in [0.4, 0.5) is 0 Å². The van der Waals surface area contributed by atoms with E-state index in [0.29, 0.717) is 0 Å². The Balaban J connectivity index is -0.00000000800. The average molecular weight is 779 g/mol. The summed E-state index contributed by atoms with van der Waals surface area (Å²) in [6.07, 6.45) is 0. The summed E-state index contributed by atoms with van der Waals surface area (Å²) in [5, 5.41) is 0. The van der Waals surface area contributed by atoms with Gasteiger partial charge in [-0.15, -0.1) is 0 Å². The van der Waals surface area contributed by atoms with Gasteiger partial charge in [0, 0.05) is 0 Å². The zero-order chi connectivity index (χ0) is 4.50. The summed E-state index contributed by atoms with van der Waals surface area (Å²) in [4.78, 5) is 0. The van der Waals surface area contributed by atoms with E-state index in [1.165, 1.54) is 0 Å². The SMILES string of the molecule is O.O.O.O.O.[I][Ta]([I])([I])[I]. The molecule has 0 unspecified atom stereocenters. The van der Waals surface area contributed by atoms with Gasteiger partial charge in [-0.3, -0.25) is 0 Å². The van der Waals surface area contributed by atoms with Gasteiger partial charge >= 0.3 is 78.0 Å². The molecular weight excluding hydrogens is 769 g/mol. The van der Waals surface area contributed by atoms with Gasteiger partial charge in [0.15, 0.2) is 0 Å². The van der Waals surface area contributed by atoms with E-state index < -0.39 is 1.87 Å². The molecule has 0 aromatic carbocycles. The second-order valence-electron chi connectivity index (χ2n) is 0.383. The predicted molar refractivity (Wildman–Crippen MR) is 74.1 cm³/mol. The molecule has 0 spiro atoms. The second-order valence-corrected chi connectivity index (χ2v) is 141. The monoisotopic (exact) mass is 779 g/mol. The molecule has 0 atom stereocenters. The maximum absolute atomic E-state index is 2.55. The fraction of sp³-hybridized carbons (Fsp3) is 0. The Kier molecular flexibility index (Phi) is 68.7. The second kappa shape index (κ2) is 18.3. The summed E-state index contributed by atoms with van der Waals surface area (Å²) >= 11 is 10.2. The van der Waals surface area contributed by atoms with Crippen LogP contribution in [0.5, 0.6) is 0 Å². The van der Waals surface area contributed by atoms with E-state index in [1.807, 2.05) is 0 Å². The Morgan fingerprint density at radius 3 is 0.500 bits per heavy atom. The van der Waals surface area contributed by atoms with Gasteiger partial charge in [-0.25, -0.2) is 0 Å². The van der Waals surface area contributed by atoms with E-state index in [4.69, 9.17) is 0 Å². The molecule has 0 aliphatic heterocycles. The molecule has 10 heteroatoms. The third kappa shape index (κ3) is 105. The van der Waals surface area contributed by atoms with E-state index in [9.17, 15) is 0 Å². The number of hydrogen-bond acceptors (Lipinski definition) is 0. The van der Waals surface area contributed by atoms with Crippen molar-refractivity contribution < 1.29 is 29.2 Å². The maximum atomic E-state index is 2.55. The third-order valence-electron chi connectivity index (χ3n) is 0. The van der Waals surface area contributed by atoms with Crippen LogP contribution in [-0.2, 0) is 1.87 Å². The molecule has 10 heavy (non-hydrogen) atoms. The first-order chi connectivity index (χ1) is 2.00. The van der Waals surface area contributed by atoms with Crippen LogP contribution >= 0.6 is 76.1 Å². The van der Waals surface area contributed by atoms with Crippen LogP contribution in [0.15, 0.2) is 0 Å². The molecule has 0 saturated heterocycles. The average Bonchev–Trinajstić information content (AvgIpc) is 0.722. The van der Waals surface area contributed by atoms with Crippen molar-refractivity contribution in [2.75, 3.05) is 0 Å². The van der Waals surface area contributed by atoms with Crippen LogP contribution in [0.25, 0.3) is 0 Å². The zero-order valence-corrected chi connectivity index (χ0v) is 16.3. The molecule has 10 N–H and O–H groups in total. The van der Waals surface area contributed by atoms with Crippen molar-refractivity contribution in [1.29, 1.82) is 0 Å². The fourth-order valence-corrected chi connectivity index (χ4v) is 0. The molecule has 5 nitrogen and oxygen atoms in total. The normalized spacial score (nSPS) is 6.00. The van der Waals surface area contributed by atoms with Crippen LogP contribution < -0.4 is 0 Å². The number of rotatable bonds is 0. The molecule has 0 rings (SSSR count). The molecule has 0 aliphatic rings. The van der Waals surface area contributed by atoms with Gasteiger partial charge in [0.25, 0.3) is 0 Å². The first-order valence-corrected chi connectivity index (χ1v) is 37.1. The van der Waals surface area contributed by atoms with Crippen molar-refractivity contribution in [3.05, 3.63) is 0 Å². The molecule has 0 amide bonds. The molecule has 0 saturated carbocycles. The van der Waals surface area contributed by atoms with E-state index in [1.54, 1.807) is 0 Å². The minimum absolute atomic E-state index is 0. The Hall–Kier alpha value is 3.46. The molecule has 0 aliphatic carbocycles. The Morgan fingerprint density at radius 2 is 0.500 bits per heavy atom. The van der Waals surface area contributed by atoms with Crippen LogP contribution in [0.2, 0.25) is 0 Å². The standard InChI is InChI=1S/4HI.5H2O.Ta/h4*1H;5*1H2;/q;;;;;;;;;+4/p-4. The molecule has 0 aromatic heterocycles. The third-order valence-corrected chi connectivity index (χ3v) is 0. The van der Waals surface area contributed by atoms with E-state index in [2.05, 4.69) is 76.1 Å². The Morgan fingerprint density at radius 1 is 0.500 bits per heavy atom. The zero-order valence-electron chi connectivity index (χ0n) is 4.46. The molecule has 0 aromatic rings. The molecule has 0 heterocycles. The van der Waals surface area contributed by atoms with E-state index >= 15 is 0 Å². The number of halogens is 4. The quantitative estimate of drug-likeness (QED) is 0.289. The molecule has 0 bridgehead atoms. The summed E-state index contributed by atoms with van der Waals surface area (Å²) in [5.74, 6) is 0. The molecule has 73 valence electrons. The van der Waals surface area contributed by atoms with Crippen LogP contribution in [0.1, 0.15) is 0 Å². The van der Waals surface area contributed by atoms with Crippen molar-refractivity contribution >= 4 is 76.1 Å². The van der Waals surface area contributed by atoms with Crippen molar-refractivity contribution in [2.24, 2.45) is 0 Å². The summed E-state index contributed by atoms with van der Waals surface area (Å²) in [5.41, 5.74) is 0. The molecular formula is H10I4O5Ta. The summed E-state index contributed by atoms with van der Waals surface area (Å²) in [6, 6.07) is 0. The van der Waals surface area contributed by atoms with Crippen LogP contribution in [0, 0.1) is 0 Å². The first kappa shape index (κ1) is 37.5. The van der Waals surface area contributed by atoms with Crippen molar-refractivity contribution in [1.82, 2.24) is 0 Å². The van der Waals surface area contributed by atoms with Gasteiger partial charge in [-0.2, -0.15) is 0 Å². The van der Waals surface area contributed by atoms with Gasteiger partial charge in [0.05, 0.1) is 0 Å². The number of hydrogen-bond donors (Lipinski definition) is 0. The fourth-order valence-electron chi connectivity index (χ4n) is 0. The van der Waals surface area contributed by atoms with E-state index in [0.717, 1.165) is 0 Å². The van der Waals surface area contributed by atoms with Gasteiger partial charge in [-0.05, 0) is 0 Å². The van der Waals surface area contributed by atoms with Gasteiger partial charge < -0.3 is 27.4 Å². The Labute approximate surface area is 103 Å². The van der Waals surface area contributed by atoms with Gasteiger partial charge in [0.1, 0.15) is 0 Å². The summed E-state index contributed by atoms with van der Waals surface area (Å²) in [6.45, 7) is 0. The molecule has 0 fully saturated rings. The van der Waals surface area contributed by atoms with Crippen LogP contribution in [-0.4, -0.2) is 27.4 Å². The van der Waals surface area contributed by atoms with Gasteiger partial charge in [0.2, 0.25) is 0 Å². The first-order valence-electron chi connectivity index (χ1n) is 0.676. The van der Waals surface area contributed by atoms with Crippen molar-refractivity contribution in [3.63, 3.8) is 0 Å². The van der Waals surface area contributed by atoms with Crippen LogP contribution in [0.3, 0.4) is 0 Å². The van der Waals surface area contributed by atoms with Crippen molar-refractivity contribution in [2.45, 2.75) is 0 Å². The summed E-state index contributed by atoms with van der Waals surface area (Å²) < 4.78 is -1.34.